The van der Waals surface area contributed by atoms with Crippen LogP contribution in [0.3, 0.4) is 0 Å². The summed E-state index contributed by atoms with van der Waals surface area (Å²) in [4.78, 5) is 0. The molecule has 7 heteroatoms. The van der Waals surface area contributed by atoms with E-state index in [9.17, 15) is 0 Å². The van der Waals surface area contributed by atoms with Crippen LogP contribution in [0.5, 0.6) is 5.75 Å². The van der Waals surface area contributed by atoms with Gasteiger partial charge in [0.05, 0.1) is 11.7 Å². The number of hydrogen-bond donors (Lipinski definition) is 1. The first-order chi connectivity index (χ1) is 9.61. The van der Waals surface area contributed by atoms with Gasteiger partial charge >= 0.3 is 0 Å². The highest BCUT2D eigenvalue weighted by molar-refractivity contribution is 9.10. The fourth-order valence-electron chi connectivity index (χ4n) is 1.93. The van der Waals surface area contributed by atoms with Crippen molar-refractivity contribution in [1.82, 2.24) is 20.3 Å². The van der Waals surface area contributed by atoms with Gasteiger partial charge in [-0.25, -0.2) is 4.68 Å². The van der Waals surface area contributed by atoms with Crippen molar-refractivity contribution in [3.8, 4) is 5.75 Å². The van der Waals surface area contributed by atoms with Gasteiger partial charge in [-0.15, -0.1) is 5.10 Å². The molecule has 108 valence electrons. The maximum absolute atomic E-state index is 5.94. The molecule has 0 amide bonds. The van der Waals surface area contributed by atoms with Crippen LogP contribution in [-0.4, -0.2) is 28.1 Å². The summed E-state index contributed by atoms with van der Waals surface area (Å²) >= 11 is 9.36. The summed E-state index contributed by atoms with van der Waals surface area (Å²) in [5.41, 5.74) is 0.953. The van der Waals surface area contributed by atoms with Crippen LogP contribution >= 0.6 is 27.5 Å². The molecule has 0 saturated heterocycles. The second-order valence-electron chi connectivity index (χ2n) is 4.27. The minimum atomic E-state index is -0.00615. The number of benzene rings is 1. The number of nitrogens with one attached hydrogen (secondary N) is 1. The second kappa shape index (κ2) is 7.06. The van der Waals surface area contributed by atoms with Gasteiger partial charge in [-0.3, -0.25) is 0 Å². The maximum Gasteiger partial charge on any atom is 0.153 e. The number of rotatable bonds is 6. The Morgan fingerprint density at radius 3 is 2.90 bits per heavy atom. The Morgan fingerprint density at radius 1 is 1.50 bits per heavy atom. The van der Waals surface area contributed by atoms with Gasteiger partial charge < -0.3 is 10.1 Å². The molecule has 0 bridgehead atoms. The van der Waals surface area contributed by atoms with E-state index in [1.807, 2.05) is 32.2 Å². The largest absolute Gasteiger partial charge is 0.491 e. The van der Waals surface area contributed by atoms with Crippen molar-refractivity contribution in [2.24, 2.45) is 7.05 Å². The summed E-state index contributed by atoms with van der Waals surface area (Å²) < 4.78 is 8.26. The van der Waals surface area contributed by atoms with Gasteiger partial charge in [-0.1, -0.05) is 29.8 Å². The molecule has 0 radical (unpaired) electrons. The Balaban J connectivity index is 2.10. The van der Waals surface area contributed by atoms with Crippen LogP contribution in [0, 0.1) is 0 Å². The molecule has 5 nitrogen and oxygen atoms in total. The molecule has 0 saturated carbocycles. The Bertz CT molecular complexity index is 556. The van der Waals surface area contributed by atoms with Crippen LogP contribution in [0.2, 0.25) is 5.02 Å². The SMILES string of the molecule is CCNC(COc1cccc(Cl)c1)c1c(Br)nnn1C. The molecule has 0 fully saturated rings. The number of nitrogens with zero attached hydrogens (tertiary/aromatic N) is 3. The average Bonchev–Trinajstić information content (AvgIpc) is 2.75. The molecule has 0 aliphatic heterocycles. The van der Waals surface area contributed by atoms with E-state index >= 15 is 0 Å². The predicted octanol–water partition coefficient (Wildman–Crippen LogP) is 2.96. The van der Waals surface area contributed by atoms with Gasteiger partial charge in [0.2, 0.25) is 0 Å². The van der Waals surface area contributed by atoms with Crippen molar-refractivity contribution in [2.45, 2.75) is 13.0 Å². The first-order valence-electron chi connectivity index (χ1n) is 6.28. The van der Waals surface area contributed by atoms with Crippen molar-refractivity contribution in [3.05, 3.63) is 39.6 Å². The van der Waals surface area contributed by atoms with E-state index < -0.39 is 0 Å². The van der Waals surface area contributed by atoms with E-state index in [1.54, 1.807) is 10.7 Å². The molecule has 1 atom stereocenters. The summed E-state index contributed by atoms with van der Waals surface area (Å²) in [5, 5.41) is 12.0. The molecule has 1 heterocycles. The summed E-state index contributed by atoms with van der Waals surface area (Å²) in [6.07, 6.45) is 0. The van der Waals surface area contributed by atoms with E-state index in [0.29, 0.717) is 11.6 Å². The third-order valence-corrected chi connectivity index (χ3v) is 3.62. The molecule has 0 spiro atoms. The number of aromatic nitrogens is 3. The van der Waals surface area contributed by atoms with E-state index in [-0.39, 0.29) is 6.04 Å². The fourth-order valence-corrected chi connectivity index (χ4v) is 2.71. The molecule has 2 rings (SSSR count). The van der Waals surface area contributed by atoms with Crippen LogP contribution in [0.25, 0.3) is 0 Å². The van der Waals surface area contributed by atoms with E-state index in [4.69, 9.17) is 16.3 Å². The first kappa shape index (κ1) is 15.3. The van der Waals surface area contributed by atoms with Crippen molar-refractivity contribution in [2.75, 3.05) is 13.2 Å². The Labute approximate surface area is 131 Å². The topological polar surface area (TPSA) is 52.0 Å². The first-order valence-corrected chi connectivity index (χ1v) is 7.45. The van der Waals surface area contributed by atoms with E-state index in [1.165, 1.54) is 0 Å². The zero-order chi connectivity index (χ0) is 14.5. The van der Waals surface area contributed by atoms with E-state index in [0.717, 1.165) is 22.6 Å². The number of likely N-dealkylation sites (N-methyl/N-ethyl adjacent to an activating group) is 1. The Morgan fingerprint density at radius 2 is 2.30 bits per heavy atom. The number of hydrogen-bond acceptors (Lipinski definition) is 4. The average molecular weight is 360 g/mol. The van der Waals surface area contributed by atoms with Crippen LogP contribution in [0.1, 0.15) is 18.7 Å². The molecule has 1 unspecified atom stereocenters. The molecule has 1 aromatic heterocycles. The highest BCUT2D eigenvalue weighted by Gasteiger charge is 2.20. The molecule has 0 aliphatic rings. The zero-order valence-electron chi connectivity index (χ0n) is 11.3. The molecule has 2 aromatic rings. The molecule has 1 aromatic carbocycles. The minimum absolute atomic E-state index is 0.00615. The van der Waals surface area contributed by atoms with Gasteiger partial charge in [-0.05, 0) is 40.7 Å². The molecular weight excluding hydrogens is 344 g/mol. The van der Waals surface area contributed by atoms with Crippen molar-refractivity contribution < 1.29 is 4.74 Å². The number of ether oxygens (including phenoxy) is 1. The quantitative estimate of drug-likeness (QED) is 0.861. The third-order valence-electron chi connectivity index (χ3n) is 2.82. The summed E-state index contributed by atoms with van der Waals surface area (Å²) in [5.74, 6) is 0.742. The standard InChI is InChI=1S/C13H16BrClN4O/c1-3-16-11(12-13(14)17-18-19(12)2)8-20-10-6-4-5-9(15)7-10/h4-7,11,16H,3,8H2,1-2H3. The molecular formula is C13H16BrClN4O. The number of halogens is 2. The van der Waals surface area contributed by atoms with Crippen LogP contribution < -0.4 is 10.1 Å². The van der Waals surface area contributed by atoms with Gasteiger partial charge in [0.25, 0.3) is 0 Å². The van der Waals surface area contributed by atoms with Gasteiger partial charge in [-0.2, -0.15) is 0 Å². The maximum atomic E-state index is 5.94. The van der Waals surface area contributed by atoms with Crippen molar-refractivity contribution in [1.29, 1.82) is 0 Å². The minimum Gasteiger partial charge on any atom is -0.491 e. The number of aryl methyl sites for hydroxylation is 1. The van der Waals surface area contributed by atoms with Crippen molar-refractivity contribution in [3.63, 3.8) is 0 Å². The fraction of sp³-hybridized carbons (Fsp3) is 0.385. The Hall–Kier alpha value is -1.11. The van der Waals surface area contributed by atoms with E-state index in [2.05, 4.69) is 31.6 Å². The summed E-state index contributed by atoms with van der Waals surface area (Å²) in [7, 11) is 1.86. The van der Waals surface area contributed by atoms with Gasteiger partial charge in [0.1, 0.15) is 12.4 Å². The van der Waals surface area contributed by atoms with Crippen LogP contribution in [0.4, 0.5) is 0 Å². The summed E-state index contributed by atoms with van der Waals surface area (Å²) in [6.45, 7) is 3.33. The highest BCUT2D eigenvalue weighted by atomic mass is 79.9. The predicted molar refractivity (Wildman–Crippen MR) is 82.1 cm³/mol. The van der Waals surface area contributed by atoms with Crippen molar-refractivity contribution >= 4 is 27.5 Å². The lowest BCUT2D eigenvalue weighted by molar-refractivity contribution is 0.261. The lowest BCUT2D eigenvalue weighted by Crippen LogP contribution is -2.28. The van der Waals surface area contributed by atoms with Crippen LogP contribution in [0.15, 0.2) is 28.9 Å². The monoisotopic (exact) mass is 358 g/mol. The highest BCUT2D eigenvalue weighted by Crippen LogP contribution is 2.23. The summed E-state index contributed by atoms with van der Waals surface area (Å²) in [6, 6.07) is 7.35. The van der Waals surface area contributed by atoms with Gasteiger partial charge in [0, 0.05) is 12.1 Å². The normalized spacial score (nSPS) is 12.4. The lowest BCUT2D eigenvalue weighted by Gasteiger charge is -2.18. The third kappa shape index (κ3) is 3.71. The lowest BCUT2D eigenvalue weighted by atomic mass is 10.2. The van der Waals surface area contributed by atoms with Gasteiger partial charge in [0.15, 0.2) is 4.60 Å². The molecule has 1 N–H and O–H groups in total. The second-order valence-corrected chi connectivity index (χ2v) is 5.46. The van der Waals surface area contributed by atoms with Crippen LogP contribution in [-0.2, 0) is 7.05 Å². The Kier molecular flexibility index (Phi) is 5.39. The smallest absolute Gasteiger partial charge is 0.153 e. The molecule has 0 aliphatic carbocycles. The zero-order valence-corrected chi connectivity index (χ0v) is 13.6. The molecule has 20 heavy (non-hydrogen) atoms.